The Morgan fingerprint density at radius 1 is 1.50 bits per heavy atom. The van der Waals surface area contributed by atoms with Crippen molar-refractivity contribution in [1.29, 1.82) is 0 Å². The quantitative estimate of drug-likeness (QED) is 0.694. The summed E-state index contributed by atoms with van der Waals surface area (Å²) in [5.74, 6) is 0.773. The van der Waals surface area contributed by atoms with E-state index in [0.29, 0.717) is 24.4 Å². The van der Waals surface area contributed by atoms with Crippen molar-refractivity contribution < 1.29 is 9.13 Å². The maximum atomic E-state index is 13.6. The van der Waals surface area contributed by atoms with Crippen molar-refractivity contribution >= 4 is 11.4 Å². The van der Waals surface area contributed by atoms with Gasteiger partial charge >= 0.3 is 0 Å². The van der Waals surface area contributed by atoms with Crippen LogP contribution in [0.15, 0.2) is 18.5 Å². The van der Waals surface area contributed by atoms with Crippen molar-refractivity contribution in [1.82, 2.24) is 15.2 Å². The van der Waals surface area contributed by atoms with Crippen molar-refractivity contribution in [2.45, 2.75) is 6.42 Å². The van der Waals surface area contributed by atoms with Crippen LogP contribution in [0.5, 0.6) is 5.75 Å². The molecule has 4 N–H and O–H groups in total. The molecule has 0 unspecified atom stereocenters. The number of anilines is 2. The number of aromatic nitrogens is 3. The summed E-state index contributed by atoms with van der Waals surface area (Å²) < 4.78 is 18.6. The maximum absolute atomic E-state index is 13.6. The fraction of sp³-hybridized carbons (Fsp3) is 0.273. The van der Waals surface area contributed by atoms with Crippen LogP contribution in [0.4, 0.5) is 15.8 Å². The van der Waals surface area contributed by atoms with Gasteiger partial charge in [0, 0.05) is 25.1 Å². The molecular formula is C11H14FN5O. The van der Waals surface area contributed by atoms with Gasteiger partial charge in [-0.25, -0.2) is 9.37 Å². The standard InChI is InChI=1S/C11H14FN5O/c1-18-10-5-9(7(12)4-8(10)13)14-3-2-11-15-6-16-17-11/h4-6,14H,2-3,13H2,1H3,(H,15,16,17). The van der Waals surface area contributed by atoms with E-state index in [1.165, 1.54) is 25.6 Å². The highest BCUT2D eigenvalue weighted by molar-refractivity contribution is 5.62. The zero-order valence-corrected chi connectivity index (χ0v) is 9.90. The second kappa shape index (κ2) is 5.35. The molecule has 0 aliphatic carbocycles. The van der Waals surface area contributed by atoms with Crippen molar-refractivity contribution in [3.05, 3.63) is 30.1 Å². The number of methoxy groups -OCH3 is 1. The molecule has 0 atom stereocenters. The largest absolute Gasteiger partial charge is 0.495 e. The molecule has 6 nitrogen and oxygen atoms in total. The molecular weight excluding hydrogens is 237 g/mol. The average molecular weight is 251 g/mol. The van der Waals surface area contributed by atoms with E-state index in [0.717, 1.165) is 5.82 Å². The lowest BCUT2D eigenvalue weighted by atomic mass is 10.2. The van der Waals surface area contributed by atoms with Crippen molar-refractivity contribution in [2.24, 2.45) is 0 Å². The van der Waals surface area contributed by atoms with Crippen LogP contribution in [0.1, 0.15) is 5.82 Å². The lowest BCUT2D eigenvalue weighted by molar-refractivity contribution is 0.416. The van der Waals surface area contributed by atoms with Gasteiger partial charge in [-0.1, -0.05) is 0 Å². The Kier molecular flexibility index (Phi) is 3.61. The summed E-state index contributed by atoms with van der Waals surface area (Å²) in [4.78, 5) is 3.97. The van der Waals surface area contributed by atoms with Crippen LogP contribution in [0.25, 0.3) is 0 Å². The summed E-state index contributed by atoms with van der Waals surface area (Å²) in [7, 11) is 1.49. The molecule has 0 fully saturated rings. The summed E-state index contributed by atoms with van der Waals surface area (Å²) in [5, 5.41) is 9.41. The number of nitrogens with one attached hydrogen (secondary N) is 2. The lowest BCUT2D eigenvalue weighted by Gasteiger charge is -2.10. The molecule has 18 heavy (non-hydrogen) atoms. The minimum Gasteiger partial charge on any atom is -0.495 e. The zero-order chi connectivity index (χ0) is 13.0. The fourth-order valence-corrected chi connectivity index (χ4v) is 1.55. The molecule has 0 radical (unpaired) electrons. The highest BCUT2D eigenvalue weighted by Crippen LogP contribution is 2.28. The lowest BCUT2D eigenvalue weighted by Crippen LogP contribution is -2.08. The number of nitrogens with zero attached hydrogens (tertiary/aromatic N) is 2. The number of hydrogen-bond donors (Lipinski definition) is 3. The molecule has 0 bridgehead atoms. The number of nitrogens with two attached hydrogens (primary N) is 1. The second-order valence-corrected chi connectivity index (χ2v) is 3.68. The molecule has 0 saturated heterocycles. The molecule has 2 rings (SSSR count). The third-order valence-electron chi connectivity index (χ3n) is 2.46. The van der Waals surface area contributed by atoms with Crippen LogP contribution in [0.3, 0.4) is 0 Å². The number of halogens is 1. The van der Waals surface area contributed by atoms with E-state index in [4.69, 9.17) is 10.5 Å². The molecule has 0 aliphatic heterocycles. The molecule has 1 aromatic heterocycles. The SMILES string of the molecule is COc1cc(NCCc2ncn[nH]2)c(F)cc1N. The number of aromatic amines is 1. The van der Waals surface area contributed by atoms with Crippen molar-refractivity contribution in [3.8, 4) is 5.75 Å². The Bertz CT molecular complexity index is 514. The van der Waals surface area contributed by atoms with Crippen molar-refractivity contribution in [3.63, 3.8) is 0 Å². The van der Waals surface area contributed by atoms with Gasteiger partial charge in [-0.3, -0.25) is 5.10 Å². The van der Waals surface area contributed by atoms with E-state index in [2.05, 4.69) is 20.5 Å². The van der Waals surface area contributed by atoms with Gasteiger partial charge in [0.1, 0.15) is 23.7 Å². The first-order valence-electron chi connectivity index (χ1n) is 5.42. The van der Waals surface area contributed by atoms with Crippen LogP contribution in [0, 0.1) is 5.82 Å². The summed E-state index contributed by atoms with van der Waals surface area (Å²) in [6, 6.07) is 2.76. The maximum Gasteiger partial charge on any atom is 0.148 e. The Balaban J connectivity index is 2.00. The number of hydrogen-bond acceptors (Lipinski definition) is 5. The molecule has 96 valence electrons. The van der Waals surface area contributed by atoms with Crippen LogP contribution in [-0.4, -0.2) is 28.8 Å². The van der Waals surface area contributed by atoms with Gasteiger partial charge in [0.05, 0.1) is 18.5 Å². The second-order valence-electron chi connectivity index (χ2n) is 3.68. The van der Waals surface area contributed by atoms with Crippen LogP contribution < -0.4 is 15.8 Å². The van der Waals surface area contributed by atoms with Gasteiger partial charge in [-0.15, -0.1) is 0 Å². The topological polar surface area (TPSA) is 88.8 Å². The average Bonchev–Trinajstić information content (AvgIpc) is 2.85. The number of rotatable bonds is 5. The third kappa shape index (κ3) is 2.68. The minimum atomic E-state index is -0.411. The first kappa shape index (κ1) is 12.2. The highest BCUT2D eigenvalue weighted by atomic mass is 19.1. The first-order chi connectivity index (χ1) is 8.70. The van der Waals surface area contributed by atoms with Gasteiger partial charge in [0.25, 0.3) is 0 Å². The van der Waals surface area contributed by atoms with E-state index < -0.39 is 5.82 Å². The number of nitrogen functional groups attached to an aromatic ring is 1. The van der Waals surface area contributed by atoms with Crippen molar-refractivity contribution in [2.75, 3.05) is 24.7 Å². The molecule has 0 spiro atoms. The van der Waals surface area contributed by atoms with Gasteiger partial charge in [-0.2, -0.15) is 5.10 Å². The highest BCUT2D eigenvalue weighted by Gasteiger charge is 2.08. The molecule has 2 aromatic rings. The van der Waals surface area contributed by atoms with Gasteiger partial charge < -0.3 is 15.8 Å². The van der Waals surface area contributed by atoms with Crippen LogP contribution >= 0.6 is 0 Å². The Labute approximate surface area is 103 Å². The van der Waals surface area contributed by atoms with E-state index in [1.54, 1.807) is 0 Å². The smallest absolute Gasteiger partial charge is 0.148 e. The molecule has 0 aliphatic rings. The molecule has 0 saturated carbocycles. The molecule has 0 amide bonds. The van der Waals surface area contributed by atoms with E-state index in [9.17, 15) is 4.39 Å². The normalized spacial score (nSPS) is 10.3. The van der Waals surface area contributed by atoms with Gasteiger partial charge in [0.2, 0.25) is 0 Å². The van der Waals surface area contributed by atoms with E-state index in [-0.39, 0.29) is 5.69 Å². The predicted molar refractivity (Wildman–Crippen MR) is 65.9 cm³/mol. The predicted octanol–water partition coefficient (Wildman–Crippen LogP) is 1.19. The number of benzene rings is 1. The minimum absolute atomic E-state index is 0.274. The number of H-pyrrole nitrogens is 1. The molecule has 1 aromatic carbocycles. The van der Waals surface area contributed by atoms with Gasteiger partial charge in [-0.05, 0) is 0 Å². The van der Waals surface area contributed by atoms with Crippen LogP contribution in [0.2, 0.25) is 0 Å². The number of ether oxygens (including phenoxy) is 1. The summed E-state index contributed by atoms with van der Waals surface area (Å²) in [6.07, 6.45) is 2.05. The summed E-state index contributed by atoms with van der Waals surface area (Å²) in [5.41, 5.74) is 6.21. The molecule has 1 heterocycles. The Hall–Kier alpha value is -2.31. The first-order valence-corrected chi connectivity index (χ1v) is 5.42. The molecule has 7 heteroatoms. The Morgan fingerprint density at radius 2 is 2.33 bits per heavy atom. The van der Waals surface area contributed by atoms with Gasteiger partial charge in [0.15, 0.2) is 0 Å². The van der Waals surface area contributed by atoms with E-state index >= 15 is 0 Å². The fourth-order valence-electron chi connectivity index (χ4n) is 1.55. The summed E-state index contributed by atoms with van der Waals surface area (Å²) >= 11 is 0. The Morgan fingerprint density at radius 3 is 3.00 bits per heavy atom. The monoisotopic (exact) mass is 251 g/mol. The summed E-state index contributed by atoms with van der Waals surface area (Å²) in [6.45, 7) is 0.527. The van der Waals surface area contributed by atoms with Crippen LogP contribution in [-0.2, 0) is 6.42 Å². The third-order valence-corrected chi connectivity index (χ3v) is 2.46. The zero-order valence-electron chi connectivity index (χ0n) is 9.90. The van der Waals surface area contributed by atoms with E-state index in [1.807, 2.05) is 0 Å².